The van der Waals surface area contributed by atoms with Crippen molar-refractivity contribution in [2.75, 3.05) is 12.8 Å². The second-order valence-corrected chi connectivity index (χ2v) is 3.13. The minimum atomic E-state index is 0.430. The van der Waals surface area contributed by atoms with Crippen LogP contribution in [0.2, 0.25) is 0 Å². The highest BCUT2D eigenvalue weighted by molar-refractivity contribution is 5.86. The van der Waals surface area contributed by atoms with Crippen LogP contribution in [0.4, 0.5) is 5.95 Å². The summed E-state index contributed by atoms with van der Waals surface area (Å²) in [6.07, 6.45) is 0.935. The molecule has 0 aliphatic heterocycles. The molecule has 14 heavy (non-hydrogen) atoms. The Kier molecular flexibility index (Phi) is 2.04. The number of H-pyrrole nitrogens is 1. The number of hydrogen-bond acceptors (Lipinski definition) is 3. The Morgan fingerprint density at radius 2 is 2.29 bits per heavy atom. The number of ether oxygens (including phenoxy) is 1. The van der Waals surface area contributed by atoms with Crippen LogP contribution in [0.15, 0.2) is 12.1 Å². The summed E-state index contributed by atoms with van der Waals surface area (Å²) in [5.74, 6) is 1.21. The van der Waals surface area contributed by atoms with Gasteiger partial charge in [0.25, 0.3) is 0 Å². The number of aryl methyl sites for hydroxylation is 1. The third kappa shape index (κ3) is 1.19. The molecule has 0 saturated heterocycles. The van der Waals surface area contributed by atoms with E-state index in [1.807, 2.05) is 12.1 Å². The Morgan fingerprint density at radius 1 is 1.50 bits per heavy atom. The fourth-order valence-corrected chi connectivity index (χ4v) is 1.60. The molecule has 0 bridgehead atoms. The molecule has 0 unspecified atom stereocenters. The number of benzene rings is 1. The van der Waals surface area contributed by atoms with Crippen LogP contribution in [0.25, 0.3) is 11.0 Å². The van der Waals surface area contributed by atoms with Gasteiger partial charge in [-0.25, -0.2) is 4.98 Å². The molecular formula is C10H13N3O. The number of methoxy groups -OCH3 is 1. The summed E-state index contributed by atoms with van der Waals surface area (Å²) in [7, 11) is 1.64. The molecule has 0 aliphatic carbocycles. The molecule has 1 aromatic carbocycles. The third-order valence-electron chi connectivity index (χ3n) is 2.31. The number of anilines is 1. The second kappa shape index (κ2) is 3.21. The van der Waals surface area contributed by atoms with Crippen LogP contribution in [-0.4, -0.2) is 17.1 Å². The molecule has 4 heteroatoms. The van der Waals surface area contributed by atoms with Crippen molar-refractivity contribution in [3.63, 3.8) is 0 Å². The molecule has 0 atom stereocenters. The maximum Gasteiger partial charge on any atom is 0.198 e. The molecule has 0 amide bonds. The van der Waals surface area contributed by atoms with Crippen molar-refractivity contribution < 1.29 is 4.74 Å². The molecule has 0 spiro atoms. The van der Waals surface area contributed by atoms with E-state index in [0.717, 1.165) is 23.2 Å². The molecule has 0 aliphatic rings. The normalized spacial score (nSPS) is 10.7. The van der Waals surface area contributed by atoms with Gasteiger partial charge in [0.1, 0.15) is 11.3 Å². The van der Waals surface area contributed by atoms with Gasteiger partial charge in [0, 0.05) is 0 Å². The second-order valence-electron chi connectivity index (χ2n) is 3.13. The number of aromatic nitrogens is 2. The van der Waals surface area contributed by atoms with Crippen molar-refractivity contribution in [3.05, 3.63) is 17.7 Å². The average Bonchev–Trinajstić information content (AvgIpc) is 2.57. The minimum absolute atomic E-state index is 0.430. The average molecular weight is 191 g/mol. The fraction of sp³-hybridized carbons (Fsp3) is 0.300. The Morgan fingerprint density at radius 3 is 2.93 bits per heavy atom. The lowest BCUT2D eigenvalue weighted by Crippen LogP contribution is -1.88. The summed E-state index contributed by atoms with van der Waals surface area (Å²) < 4.78 is 5.21. The standard InChI is InChI=1S/C10H13N3O/c1-3-6-4-5-7(14-2)9-8(6)12-10(11)13-9/h4-5H,3H2,1-2H3,(H3,11,12,13). The highest BCUT2D eigenvalue weighted by Crippen LogP contribution is 2.27. The molecule has 2 rings (SSSR count). The minimum Gasteiger partial charge on any atom is -0.494 e. The van der Waals surface area contributed by atoms with Gasteiger partial charge in [-0.3, -0.25) is 0 Å². The van der Waals surface area contributed by atoms with E-state index < -0.39 is 0 Å². The van der Waals surface area contributed by atoms with Gasteiger partial charge in [-0.1, -0.05) is 13.0 Å². The Balaban J connectivity index is 2.77. The number of nitrogen functional groups attached to an aromatic ring is 1. The first kappa shape index (κ1) is 8.87. The van der Waals surface area contributed by atoms with Gasteiger partial charge in [0.15, 0.2) is 5.95 Å². The zero-order valence-electron chi connectivity index (χ0n) is 8.29. The van der Waals surface area contributed by atoms with E-state index in [-0.39, 0.29) is 0 Å². The summed E-state index contributed by atoms with van der Waals surface area (Å²) in [5, 5.41) is 0. The lowest BCUT2D eigenvalue weighted by Gasteiger charge is -2.03. The zero-order valence-corrected chi connectivity index (χ0v) is 8.29. The maximum atomic E-state index is 5.62. The van der Waals surface area contributed by atoms with Crippen LogP contribution in [-0.2, 0) is 6.42 Å². The van der Waals surface area contributed by atoms with Crippen LogP contribution < -0.4 is 10.5 Å². The lowest BCUT2D eigenvalue weighted by atomic mass is 10.1. The van der Waals surface area contributed by atoms with E-state index in [1.54, 1.807) is 7.11 Å². The van der Waals surface area contributed by atoms with E-state index in [9.17, 15) is 0 Å². The van der Waals surface area contributed by atoms with Crippen molar-refractivity contribution in [2.45, 2.75) is 13.3 Å². The predicted molar refractivity (Wildman–Crippen MR) is 56.4 cm³/mol. The van der Waals surface area contributed by atoms with E-state index in [1.165, 1.54) is 5.56 Å². The molecular weight excluding hydrogens is 178 g/mol. The molecule has 3 N–H and O–H groups in total. The number of hydrogen-bond donors (Lipinski definition) is 2. The molecule has 4 nitrogen and oxygen atoms in total. The van der Waals surface area contributed by atoms with Crippen LogP contribution in [0.1, 0.15) is 12.5 Å². The number of nitrogens with zero attached hydrogens (tertiary/aromatic N) is 1. The largest absolute Gasteiger partial charge is 0.494 e. The highest BCUT2D eigenvalue weighted by atomic mass is 16.5. The summed E-state index contributed by atoms with van der Waals surface area (Å²) in [5.41, 5.74) is 8.58. The quantitative estimate of drug-likeness (QED) is 0.759. The molecule has 0 saturated carbocycles. The van der Waals surface area contributed by atoms with E-state index in [0.29, 0.717) is 5.95 Å². The number of fused-ring (bicyclic) bond motifs is 1. The molecule has 1 aromatic heterocycles. The summed E-state index contributed by atoms with van der Waals surface area (Å²) in [6, 6.07) is 3.94. The monoisotopic (exact) mass is 191 g/mol. The van der Waals surface area contributed by atoms with E-state index in [2.05, 4.69) is 16.9 Å². The lowest BCUT2D eigenvalue weighted by molar-refractivity contribution is 0.419. The van der Waals surface area contributed by atoms with Crippen molar-refractivity contribution in [2.24, 2.45) is 0 Å². The number of aromatic amines is 1. The zero-order chi connectivity index (χ0) is 10.1. The van der Waals surface area contributed by atoms with Gasteiger partial charge in [-0.05, 0) is 18.1 Å². The third-order valence-corrected chi connectivity index (χ3v) is 2.31. The first-order valence-electron chi connectivity index (χ1n) is 4.57. The molecule has 74 valence electrons. The molecule has 2 aromatic rings. The maximum absolute atomic E-state index is 5.62. The van der Waals surface area contributed by atoms with Crippen LogP contribution in [0, 0.1) is 0 Å². The van der Waals surface area contributed by atoms with E-state index >= 15 is 0 Å². The Labute approximate surface area is 82.1 Å². The van der Waals surface area contributed by atoms with E-state index in [4.69, 9.17) is 10.5 Å². The van der Waals surface area contributed by atoms with Gasteiger partial charge in [-0.15, -0.1) is 0 Å². The van der Waals surface area contributed by atoms with Gasteiger partial charge in [-0.2, -0.15) is 0 Å². The van der Waals surface area contributed by atoms with Gasteiger partial charge in [0.05, 0.1) is 12.6 Å². The first-order valence-corrected chi connectivity index (χ1v) is 4.57. The number of nitrogens with two attached hydrogens (primary N) is 1. The molecule has 0 radical (unpaired) electrons. The first-order chi connectivity index (χ1) is 6.76. The van der Waals surface area contributed by atoms with Crippen LogP contribution in [0.3, 0.4) is 0 Å². The van der Waals surface area contributed by atoms with Crippen molar-refractivity contribution in [1.29, 1.82) is 0 Å². The molecule has 0 fully saturated rings. The number of imidazole rings is 1. The smallest absolute Gasteiger partial charge is 0.198 e. The molecule has 1 heterocycles. The van der Waals surface area contributed by atoms with Crippen LogP contribution in [0.5, 0.6) is 5.75 Å². The summed E-state index contributed by atoms with van der Waals surface area (Å²) in [4.78, 5) is 7.23. The predicted octanol–water partition coefficient (Wildman–Crippen LogP) is 1.72. The van der Waals surface area contributed by atoms with Gasteiger partial charge in [0.2, 0.25) is 0 Å². The van der Waals surface area contributed by atoms with Crippen LogP contribution >= 0.6 is 0 Å². The van der Waals surface area contributed by atoms with Crippen molar-refractivity contribution >= 4 is 17.0 Å². The highest BCUT2D eigenvalue weighted by Gasteiger charge is 2.09. The summed E-state index contributed by atoms with van der Waals surface area (Å²) in [6.45, 7) is 2.09. The van der Waals surface area contributed by atoms with Crippen molar-refractivity contribution in [1.82, 2.24) is 9.97 Å². The fourth-order valence-electron chi connectivity index (χ4n) is 1.60. The SMILES string of the molecule is CCc1ccc(OC)c2[nH]c(N)nc12. The number of nitrogens with one attached hydrogen (secondary N) is 1. The van der Waals surface area contributed by atoms with Crippen molar-refractivity contribution in [3.8, 4) is 5.75 Å². The van der Waals surface area contributed by atoms with Gasteiger partial charge < -0.3 is 15.5 Å². The Hall–Kier alpha value is -1.71. The van der Waals surface area contributed by atoms with Gasteiger partial charge >= 0.3 is 0 Å². The summed E-state index contributed by atoms with van der Waals surface area (Å²) >= 11 is 0. The Bertz CT molecular complexity index is 421. The number of rotatable bonds is 2. The topological polar surface area (TPSA) is 63.9 Å².